The number of hydrogen-bond donors (Lipinski definition) is 2. The van der Waals surface area contributed by atoms with Crippen LogP contribution in [0.3, 0.4) is 0 Å². The van der Waals surface area contributed by atoms with E-state index in [9.17, 15) is 21.9 Å². The minimum absolute atomic E-state index is 0.00485. The molecule has 0 aliphatic carbocycles. The topological polar surface area (TPSA) is 161 Å². The Morgan fingerprint density at radius 1 is 1.18 bits per heavy atom. The Hall–Kier alpha value is -2.33. The van der Waals surface area contributed by atoms with Gasteiger partial charge in [-0.25, -0.2) is 21.5 Å². The number of ether oxygens (including phenoxy) is 2. The van der Waals surface area contributed by atoms with Crippen molar-refractivity contribution in [2.24, 2.45) is 0 Å². The highest BCUT2D eigenvalue weighted by Crippen LogP contribution is 2.38. The van der Waals surface area contributed by atoms with E-state index in [1.54, 1.807) is 12.1 Å². The lowest BCUT2D eigenvalue weighted by Crippen LogP contribution is -2.47. The number of sulfonamides is 1. The van der Waals surface area contributed by atoms with E-state index in [0.717, 1.165) is 6.26 Å². The number of aromatic nitrogens is 2. The first-order valence-corrected chi connectivity index (χ1v) is 16.1. The molecule has 1 unspecified atom stereocenters. The van der Waals surface area contributed by atoms with E-state index >= 15 is 0 Å². The summed E-state index contributed by atoms with van der Waals surface area (Å²) >= 11 is 6.08. The van der Waals surface area contributed by atoms with Crippen molar-refractivity contribution in [1.82, 2.24) is 19.9 Å². The zero-order valence-electron chi connectivity index (χ0n) is 21.1. The molecule has 2 atom stereocenters. The van der Waals surface area contributed by atoms with Gasteiger partial charge in [0.15, 0.2) is 20.9 Å². The molecule has 2 fully saturated rings. The maximum Gasteiger partial charge on any atom is 0.245 e. The summed E-state index contributed by atoms with van der Waals surface area (Å²) in [7, 11) is -7.19. The summed E-state index contributed by atoms with van der Waals surface area (Å²) in [5, 5.41) is 21.4. The van der Waals surface area contributed by atoms with Gasteiger partial charge in [-0.05, 0) is 59.9 Å². The number of hydrogen-bond acceptors (Lipinski definition) is 11. The Labute approximate surface area is 231 Å². The number of halogens is 1. The van der Waals surface area contributed by atoms with Gasteiger partial charge in [0.1, 0.15) is 23.4 Å². The Bertz CT molecular complexity index is 1560. The van der Waals surface area contributed by atoms with Crippen molar-refractivity contribution in [2.75, 3.05) is 39.1 Å². The third-order valence-corrected chi connectivity index (χ3v) is 10.5. The standard InChI is InChI=1S/C24H29ClN4O8S2/c1-38(31,32)19-4-2-3-18(11-19)35-15-17(30)13-26-16-12-24(36-14-16)7-9-29(10-8-24)39(33,34)21-6-5-20(25)22-23(21)28-37-27-22/h2-6,11,16-17,26,30H,7-10,12-15H2,1H3/t16?,17-/m0/s1. The molecule has 12 nitrogen and oxygen atoms in total. The third kappa shape index (κ3) is 6.06. The van der Waals surface area contributed by atoms with Crippen LogP contribution in [-0.4, -0.2) is 93.4 Å². The lowest BCUT2D eigenvalue weighted by molar-refractivity contribution is -0.0312. The largest absolute Gasteiger partial charge is 0.491 e. The molecule has 0 amide bonds. The zero-order valence-corrected chi connectivity index (χ0v) is 23.5. The number of sulfone groups is 1. The van der Waals surface area contributed by atoms with Crippen LogP contribution in [0.1, 0.15) is 19.3 Å². The van der Waals surface area contributed by atoms with Crippen LogP contribution in [-0.2, 0) is 24.6 Å². The van der Waals surface area contributed by atoms with Gasteiger partial charge in [-0.1, -0.05) is 17.7 Å². The number of aliphatic hydroxyl groups excluding tert-OH is 1. The number of piperidine rings is 1. The van der Waals surface area contributed by atoms with Crippen molar-refractivity contribution in [3.05, 3.63) is 41.4 Å². The number of nitrogens with one attached hydrogen (secondary N) is 1. The van der Waals surface area contributed by atoms with E-state index in [0.29, 0.717) is 31.6 Å². The van der Waals surface area contributed by atoms with Crippen LogP contribution in [0.2, 0.25) is 5.02 Å². The van der Waals surface area contributed by atoms with Gasteiger partial charge in [0, 0.05) is 31.9 Å². The number of benzene rings is 2. The van der Waals surface area contributed by atoms with E-state index in [4.69, 9.17) is 25.7 Å². The van der Waals surface area contributed by atoms with Gasteiger partial charge in [0.25, 0.3) is 0 Å². The molecule has 2 N–H and O–H groups in total. The average molecular weight is 601 g/mol. The molecule has 0 radical (unpaired) electrons. The molecule has 1 aromatic heterocycles. The summed E-state index contributed by atoms with van der Waals surface area (Å²) < 4.78 is 67.9. The van der Waals surface area contributed by atoms with Gasteiger partial charge in [-0.15, -0.1) is 0 Å². The number of aliphatic hydroxyl groups is 1. The molecule has 2 aliphatic rings. The molecule has 2 aliphatic heterocycles. The van der Waals surface area contributed by atoms with Gasteiger partial charge in [-0.2, -0.15) is 4.31 Å². The molecule has 39 heavy (non-hydrogen) atoms. The van der Waals surface area contributed by atoms with E-state index in [2.05, 4.69) is 15.6 Å². The number of fused-ring (bicyclic) bond motifs is 1. The molecule has 212 valence electrons. The van der Waals surface area contributed by atoms with Crippen LogP contribution in [0.5, 0.6) is 5.75 Å². The summed E-state index contributed by atoms with van der Waals surface area (Å²) in [6, 6.07) is 9.01. The highest BCUT2D eigenvalue weighted by Gasteiger charge is 2.45. The molecule has 1 spiro atoms. The summed E-state index contributed by atoms with van der Waals surface area (Å²) in [5.41, 5.74) is -0.133. The minimum Gasteiger partial charge on any atom is -0.491 e. The summed E-state index contributed by atoms with van der Waals surface area (Å²) in [6.45, 7) is 1.26. The van der Waals surface area contributed by atoms with Crippen LogP contribution >= 0.6 is 11.6 Å². The molecule has 3 aromatic rings. The zero-order chi connectivity index (χ0) is 27.8. The van der Waals surface area contributed by atoms with Crippen LogP contribution in [0.25, 0.3) is 11.0 Å². The maximum atomic E-state index is 13.3. The van der Waals surface area contributed by atoms with Crippen LogP contribution in [0.15, 0.2) is 50.8 Å². The molecular formula is C24H29ClN4O8S2. The van der Waals surface area contributed by atoms with Gasteiger partial charge in [0.2, 0.25) is 10.0 Å². The lowest BCUT2D eigenvalue weighted by atomic mass is 9.88. The van der Waals surface area contributed by atoms with Crippen LogP contribution in [0, 0.1) is 0 Å². The molecule has 2 saturated heterocycles. The normalized spacial score (nSPS) is 20.9. The first-order chi connectivity index (χ1) is 18.5. The van der Waals surface area contributed by atoms with Crippen molar-refractivity contribution in [3.8, 4) is 5.75 Å². The summed E-state index contributed by atoms with van der Waals surface area (Å²) in [5.74, 6) is 0.362. The predicted octanol–water partition coefficient (Wildman–Crippen LogP) is 1.62. The SMILES string of the molecule is CS(=O)(=O)c1cccc(OC[C@@H](O)CNC2COC3(CCN(S(=O)(=O)c4ccc(Cl)c5nonc45)CC3)C2)c1. The fraction of sp³-hybridized carbons (Fsp3) is 0.500. The monoisotopic (exact) mass is 600 g/mol. The van der Waals surface area contributed by atoms with E-state index < -0.39 is 31.6 Å². The minimum atomic E-state index is -3.84. The summed E-state index contributed by atoms with van der Waals surface area (Å²) in [6.07, 6.45) is 2.04. The number of nitrogens with zero attached hydrogens (tertiary/aromatic N) is 3. The Morgan fingerprint density at radius 2 is 1.92 bits per heavy atom. The smallest absolute Gasteiger partial charge is 0.245 e. The van der Waals surface area contributed by atoms with Gasteiger partial charge < -0.3 is 19.9 Å². The highest BCUT2D eigenvalue weighted by molar-refractivity contribution is 7.90. The van der Waals surface area contributed by atoms with E-state index in [-0.39, 0.29) is 58.1 Å². The Kier molecular flexibility index (Phi) is 7.90. The third-order valence-electron chi connectivity index (χ3n) is 7.11. The fourth-order valence-corrected chi connectivity index (χ4v) is 7.37. The van der Waals surface area contributed by atoms with Crippen molar-refractivity contribution in [2.45, 2.75) is 46.8 Å². The van der Waals surface area contributed by atoms with Gasteiger partial charge in [0.05, 0.1) is 22.1 Å². The molecule has 0 bridgehead atoms. The van der Waals surface area contributed by atoms with E-state index in [1.807, 2.05) is 0 Å². The second kappa shape index (κ2) is 10.9. The molecule has 2 aromatic carbocycles. The first-order valence-electron chi connectivity index (χ1n) is 12.4. The van der Waals surface area contributed by atoms with E-state index in [1.165, 1.54) is 28.6 Å². The number of rotatable bonds is 9. The Balaban J connectivity index is 1.11. The predicted molar refractivity (Wildman–Crippen MR) is 141 cm³/mol. The second-order valence-corrected chi connectivity index (χ2v) is 14.3. The maximum absolute atomic E-state index is 13.3. The molecule has 0 saturated carbocycles. The van der Waals surface area contributed by atoms with Crippen molar-refractivity contribution >= 4 is 42.5 Å². The fourth-order valence-electron chi connectivity index (χ4n) is 4.97. The highest BCUT2D eigenvalue weighted by atomic mass is 35.5. The first kappa shape index (κ1) is 28.2. The summed E-state index contributed by atoms with van der Waals surface area (Å²) in [4.78, 5) is 0.154. The van der Waals surface area contributed by atoms with Crippen LogP contribution < -0.4 is 10.1 Å². The van der Waals surface area contributed by atoms with Crippen molar-refractivity contribution < 1.29 is 36.0 Å². The van der Waals surface area contributed by atoms with Gasteiger partial charge >= 0.3 is 0 Å². The van der Waals surface area contributed by atoms with Gasteiger partial charge in [-0.3, -0.25) is 0 Å². The quantitative estimate of drug-likeness (QED) is 0.367. The van der Waals surface area contributed by atoms with Crippen molar-refractivity contribution in [1.29, 1.82) is 0 Å². The molecular weight excluding hydrogens is 572 g/mol. The molecule has 15 heteroatoms. The molecule has 3 heterocycles. The Morgan fingerprint density at radius 3 is 2.67 bits per heavy atom. The lowest BCUT2D eigenvalue weighted by Gasteiger charge is -2.38. The van der Waals surface area contributed by atoms with Crippen LogP contribution in [0.4, 0.5) is 0 Å². The molecule has 5 rings (SSSR count). The average Bonchev–Trinajstić information content (AvgIpc) is 3.55. The second-order valence-electron chi connectivity index (χ2n) is 9.93. The van der Waals surface area contributed by atoms with Crippen molar-refractivity contribution in [3.63, 3.8) is 0 Å².